The summed E-state index contributed by atoms with van der Waals surface area (Å²) < 4.78 is 0.597. The van der Waals surface area contributed by atoms with Crippen molar-refractivity contribution in [2.45, 2.75) is 31.7 Å². The van der Waals surface area contributed by atoms with Crippen LogP contribution in [0.4, 0.5) is 11.4 Å². The number of nitrogens with one attached hydrogen (secondary N) is 1. The summed E-state index contributed by atoms with van der Waals surface area (Å²) in [5.74, 6) is -0.234. The molecule has 22 heavy (non-hydrogen) atoms. The second kappa shape index (κ2) is 6.62. The Morgan fingerprint density at radius 1 is 1.41 bits per heavy atom. The van der Waals surface area contributed by atoms with Gasteiger partial charge in [0.15, 0.2) is 6.54 Å². The SMILES string of the molecule is C[N+](C)(CC(=O)Nc1cc(Cl)ccc1[N+](=O)[O-])C1CCCC1. The van der Waals surface area contributed by atoms with E-state index in [2.05, 4.69) is 5.32 Å². The minimum Gasteiger partial charge on any atom is -0.318 e. The van der Waals surface area contributed by atoms with Gasteiger partial charge in [0, 0.05) is 11.1 Å². The first kappa shape index (κ1) is 16.7. The summed E-state index contributed by atoms with van der Waals surface area (Å²) in [6, 6.07) is 4.62. The van der Waals surface area contributed by atoms with Gasteiger partial charge in [-0.25, -0.2) is 0 Å². The van der Waals surface area contributed by atoms with E-state index in [0.717, 1.165) is 12.8 Å². The van der Waals surface area contributed by atoms with E-state index in [-0.39, 0.29) is 23.8 Å². The lowest BCUT2D eigenvalue weighted by atomic mass is 10.2. The maximum atomic E-state index is 12.3. The van der Waals surface area contributed by atoms with E-state index in [0.29, 0.717) is 15.5 Å². The lowest BCUT2D eigenvalue weighted by Crippen LogP contribution is -2.51. The molecule has 1 aliphatic carbocycles. The molecule has 7 heteroatoms. The smallest absolute Gasteiger partial charge is 0.292 e. The Balaban J connectivity index is 2.08. The van der Waals surface area contributed by atoms with Gasteiger partial charge in [-0.3, -0.25) is 14.9 Å². The maximum absolute atomic E-state index is 12.3. The second-order valence-corrected chi connectivity index (χ2v) is 6.78. The number of carbonyl (C=O) groups excluding carboxylic acids is 1. The van der Waals surface area contributed by atoms with Gasteiger partial charge >= 0.3 is 0 Å². The van der Waals surface area contributed by atoms with E-state index in [1.165, 1.54) is 31.0 Å². The second-order valence-electron chi connectivity index (χ2n) is 6.34. The molecule has 0 heterocycles. The topological polar surface area (TPSA) is 72.2 Å². The molecule has 0 unspecified atom stereocenters. The molecule has 1 saturated carbocycles. The highest BCUT2D eigenvalue weighted by molar-refractivity contribution is 6.31. The van der Waals surface area contributed by atoms with Crippen LogP contribution in [0.2, 0.25) is 5.02 Å². The fraction of sp³-hybridized carbons (Fsp3) is 0.533. The first-order chi connectivity index (χ1) is 10.3. The van der Waals surface area contributed by atoms with Gasteiger partial charge in [-0.15, -0.1) is 0 Å². The summed E-state index contributed by atoms with van der Waals surface area (Å²) in [6.07, 6.45) is 4.65. The van der Waals surface area contributed by atoms with Crippen molar-refractivity contribution in [3.63, 3.8) is 0 Å². The number of hydrogen-bond acceptors (Lipinski definition) is 3. The predicted molar refractivity (Wildman–Crippen MR) is 86.0 cm³/mol. The van der Waals surface area contributed by atoms with Gasteiger partial charge in [0.25, 0.3) is 11.6 Å². The lowest BCUT2D eigenvalue weighted by Gasteiger charge is -2.35. The lowest BCUT2D eigenvalue weighted by molar-refractivity contribution is -0.906. The molecular weight excluding hydrogens is 306 g/mol. The number of benzene rings is 1. The third-order valence-corrected chi connectivity index (χ3v) is 4.53. The van der Waals surface area contributed by atoms with Crippen molar-refractivity contribution in [3.8, 4) is 0 Å². The van der Waals surface area contributed by atoms with E-state index in [1.54, 1.807) is 0 Å². The zero-order valence-corrected chi connectivity index (χ0v) is 13.6. The third-order valence-electron chi connectivity index (χ3n) is 4.29. The number of nitro benzene ring substituents is 1. The minimum absolute atomic E-state index is 0.147. The van der Waals surface area contributed by atoms with E-state index in [4.69, 9.17) is 11.6 Å². The number of rotatable bonds is 5. The zero-order valence-electron chi connectivity index (χ0n) is 12.8. The van der Waals surface area contributed by atoms with Crippen LogP contribution in [-0.4, -0.2) is 42.0 Å². The molecule has 0 atom stereocenters. The molecule has 0 saturated heterocycles. The van der Waals surface area contributed by atoms with Crippen LogP contribution in [0, 0.1) is 10.1 Å². The highest BCUT2D eigenvalue weighted by Crippen LogP contribution is 2.29. The molecule has 0 spiro atoms. The average Bonchev–Trinajstić information content (AvgIpc) is 2.91. The van der Waals surface area contributed by atoms with Crippen LogP contribution in [0.3, 0.4) is 0 Å². The van der Waals surface area contributed by atoms with E-state index in [9.17, 15) is 14.9 Å². The fourth-order valence-corrected chi connectivity index (χ4v) is 3.23. The molecule has 0 bridgehead atoms. The molecular formula is C15H21ClN3O3+. The first-order valence-corrected chi connectivity index (χ1v) is 7.74. The normalized spacial score (nSPS) is 15.8. The van der Waals surface area contributed by atoms with Crippen LogP contribution in [0.1, 0.15) is 25.7 Å². The van der Waals surface area contributed by atoms with Gasteiger partial charge < -0.3 is 9.80 Å². The van der Waals surface area contributed by atoms with Crippen molar-refractivity contribution in [1.82, 2.24) is 0 Å². The Labute approximate surface area is 134 Å². The van der Waals surface area contributed by atoms with E-state index < -0.39 is 4.92 Å². The van der Waals surface area contributed by atoms with Gasteiger partial charge in [-0.2, -0.15) is 0 Å². The zero-order chi connectivity index (χ0) is 16.3. The largest absolute Gasteiger partial charge is 0.318 e. The standard InChI is InChI=1S/C15H20ClN3O3/c1-19(2,12-5-3-4-6-12)10-15(20)17-13-9-11(16)7-8-14(13)18(21)22/h7-9,12H,3-6,10H2,1-2H3/p+1. The van der Waals surface area contributed by atoms with Gasteiger partial charge in [0.05, 0.1) is 25.1 Å². The van der Waals surface area contributed by atoms with E-state index >= 15 is 0 Å². The Hall–Kier alpha value is -1.66. The number of nitrogens with zero attached hydrogens (tertiary/aromatic N) is 2. The third kappa shape index (κ3) is 3.96. The molecule has 1 aromatic carbocycles. The van der Waals surface area contributed by atoms with Gasteiger partial charge in [-0.1, -0.05) is 11.6 Å². The fourth-order valence-electron chi connectivity index (χ4n) is 3.06. The summed E-state index contributed by atoms with van der Waals surface area (Å²) >= 11 is 5.86. The number of quaternary nitrogens is 1. The average molecular weight is 327 g/mol. The molecule has 1 aliphatic rings. The summed E-state index contributed by atoms with van der Waals surface area (Å²) in [5.41, 5.74) is -0.00200. The number of halogens is 1. The molecule has 0 aromatic heterocycles. The summed E-state index contributed by atoms with van der Waals surface area (Å²) in [7, 11) is 4.06. The van der Waals surface area contributed by atoms with E-state index in [1.807, 2.05) is 14.1 Å². The van der Waals surface area contributed by atoms with Crippen LogP contribution < -0.4 is 5.32 Å². The number of likely N-dealkylation sites (N-methyl/N-ethyl adjacent to an activating group) is 1. The van der Waals surface area contributed by atoms with Crippen molar-refractivity contribution in [1.29, 1.82) is 0 Å². The predicted octanol–water partition coefficient (Wildman–Crippen LogP) is 3.21. The Morgan fingerprint density at radius 2 is 2.05 bits per heavy atom. The highest BCUT2D eigenvalue weighted by atomic mass is 35.5. The maximum Gasteiger partial charge on any atom is 0.292 e. The van der Waals surface area contributed by atoms with Crippen LogP contribution >= 0.6 is 11.6 Å². The molecule has 1 N–H and O–H groups in total. The number of anilines is 1. The van der Waals surface area contributed by atoms with Crippen LogP contribution in [-0.2, 0) is 4.79 Å². The van der Waals surface area contributed by atoms with Crippen molar-refractivity contribution in [2.24, 2.45) is 0 Å². The number of nitro groups is 1. The highest BCUT2D eigenvalue weighted by Gasteiger charge is 2.33. The molecule has 0 aliphatic heterocycles. The Kier molecular flexibility index (Phi) is 5.03. The molecule has 120 valence electrons. The molecule has 6 nitrogen and oxygen atoms in total. The molecule has 2 rings (SSSR count). The minimum atomic E-state index is -0.525. The Bertz CT molecular complexity index is 583. The quantitative estimate of drug-likeness (QED) is 0.513. The molecule has 1 amide bonds. The summed E-state index contributed by atoms with van der Waals surface area (Å²) in [4.78, 5) is 22.8. The van der Waals surface area contributed by atoms with Crippen LogP contribution in [0.25, 0.3) is 0 Å². The van der Waals surface area contributed by atoms with Gasteiger partial charge in [0.1, 0.15) is 5.69 Å². The molecule has 1 fully saturated rings. The van der Waals surface area contributed by atoms with Crippen LogP contribution in [0.5, 0.6) is 0 Å². The monoisotopic (exact) mass is 326 g/mol. The van der Waals surface area contributed by atoms with Crippen molar-refractivity contribution >= 4 is 28.9 Å². The van der Waals surface area contributed by atoms with Gasteiger partial charge in [0.2, 0.25) is 0 Å². The first-order valence-electron chi connectivity index (χ1n) is 7.36. The summed E-state index contributed by atoms with van der Waals surface area (Å²) in [6.45, 7) is 0.286. The number of carbonyl (C=O) groups is 1. The number of hydrogen-bond donors (Lipinski definition) is 1. The van der Waals surface area contributed by atoms with Crippen molar-refractivity contribution in [3.05, 3.63) is 33.3 Å². The molecule has 0 radical (unpaired) electrons. The van der Waals surface area contributed by atoms with Gasteiger partial charge in [-0.05, 0) is 37.8 Å². The molecule has 1 aromatic rings. The van der Waals surface area contributed by atoms with Crippen molar-refractivity contribution in [2.75, 3.05) is 26.0 Å². The van der Waals surface area contributed by atoms with Crippen molar-refractivity contribution < 1.29 is 14.2 Å². The summed E-state index contributed by atoms with van der Waals surface area (Å²) in [5, 5.41) is 14.0. The number of amides is 1. The van der Waals surface area contributed by atoms with Crippen LogP contribution in [0.15, 0.2) is 18.2 Å². The Morgan fingerprint density at radius 3 is 2.64 bits per heavy atom.